The van der Waals surface area contributed by atoms with Crippen LogP contribution >= 0.6 is 0 Å². The Labute approximate surface area is 152 Å². The van der Waals surface area contributed by atoms with E-state index in [1.165, 1.54) is 0 Å². The summed E-state index contributed by atoms with van der Waals surface area (Å²) in [6.07, 6.45) is -0.573. The lowest BCUT2D eigenvalue weighted by Crippen LogP contribution is -2.50. The van der Waals surface area contributed by atoms with Gasteiger partial charge in [-0.1, -0.05) is 12.1 Å². The molecule has 26 heavy (non-hydrogen) atoms. The summed E-state index contributed by atoms with van der Waals surface area (Å²) in [6.45, 7) is 5.69. The van der Waals surface area contributed by atoms with Crippen molar-refractivity contribution >= 4 is 11.9 Å². The molecule has 0 heterocycles. The number of β-amino-alcohol motifs (C(OH)–C–C–N with tert-alkyl or cyclic N) is 1. The molecule has 0 radical (unpaired) electrons. The van der Waals surface area contributed by atoms with Crippen molar-refractivity contribution in [3.63, 3.8) is 0 Å². The fourth-order valence-corrected chi connectivity index (χ4v) is 1.88. The second-order valence-corrected chi connectivity index (χ2v) is 6.02. The van der Waals surface area contributed by atoms with Crippen LogP contribution in [0.2, 0.25) is 0 Å². The second kappa shape index (κ2) is 12.1. The molecule has 1 atom stereocenters. The molecule has 0 saturated carbocycles. The molecule has 0 aromatic heterocycles. The van der Waals surface area contributed by atoms with Gasteiger partial charge in [-0.3, -0.25) is 0 Å². The molecule has 1 aromatic rings. The van der Waals surface area contributed by atoms with Crippen molar-refractivity contribution in [3.05, 3.63) is 24.3 Å². The van der Waals surface area contributed by atoms with Crippen LogP contribution in [0.25, 0.3) is 0 Å². The number of aliphatic hydroxyl groups excluding tert-OH is 1. The van der Waals surface area contributed by atoms with Crippen molar-refractivity contribution in [1.82, 2.24) is 10.6 Å². The van der Waals surface area contributed by atoms with Crippen LogP contribution in [0.1, 0.15) is 13.8 Å². The molecule has 0 bridgehead atoms. The van der Waals surface area contributed by atoms with Gasteiger partial charge in [0, 0.05) is 18.6 Å². The van der Waals surface area contributed by atoms with Crippen molar-refractivity contribution in [3.8, 4) is 11.5 Å². The highest BCUT2D eigenvalue weighted by Gasteiger charge is 2.17. The molecule has 0 aliphatic carbocycles. The standard InChI is InChI=1S/C15H26N2O3.C2H2O4/c1-15(2,11-16-3)17-9-12(18)10-20-14-8-6-5-7-13(14)19-4;3-1(4)2(5)6/h5-8,12,16-18H,9-11H2,1-4H3;(H,3,4)(H,5,6). The van der Waals surface area contributed by atoms with E-state index in [1.807, 2.05) is 31.3 Å². The van der Waals surface area contributed by atoms with Crippen molar-refractivity contribution < 1.29 is 34.4 Å². The zero-order valence-electron chi connectivity index (χ0n) is 15.5. The number of benzene rings is 1. The number of hydrogen-bond donors (Lipinski definition) is 5. The van der Waals surface area contributed by atoms with Crippen molar-refractivity contribution in [2.24, 2.45) is 0 Å². The van der Waals surface area contributed by atoms with E-state index >= 15 is 0 Å². The molecule has 0 amide bonds. The van der Waals surface area contributed by atoms with E-state index in [4.69, 9.17) is 29.3 Å². The molecule has 0 aliphatic heterocycles. The molecule has 148 valence electrons. The number of rotatable bonds is 9. The summed E-state index contributed by atoms with van der Waals surface area (Å²) >= 11 is 0. The summed E-state index contributed by atoms with van der Waals surface area (Å²) in [7, 11) is 3.51. The van der Waals surface area contributed by atoms with Gasteiger partial charge >= 0.3 is 11.9 Å². The first-order chi connectivity index (χ1) is 12.1. The van der Waals surface area contributed by atoms with Crippen LogP contribution in [-0.4, -0.2) is 72.8 Å². The third-order valence-electron chi connectivity index (χ3n) is 3.12. The quantitative estimate of drug-likeness (QED) is 0.384. The Morgan fingerprint density at radius 3 is 2.15 bits per heavy atom. The van der Waals surface area contributed by atoms with E-state index in [0.717, 1.165) is 6.54 Å². The highest BCUT2D eigenvalue weighted by molar-refractivity contribution is 6.27. The number of para-hydroxylation sites is 2. The predicted octanol–water partition coefficient (Wildman–Crippen LogP) is 0.178. The lowest BCUT2D eigenvalue weighted by molar-refractivity contribution is -0.159. The van der Waals surface area contributed by atoms with E-state index < -0.39 is 18.0 Å². The van der Waals surface area contributed by atoms with Crippen LogP contribution in [0.3, 0.4) is 0 Å². The summed E-state index contributed by atoms with van der Waals surface area (Å²) in [6, 6.07) is 7.41. The number of carboxylic acids is 2. The molecule has 0 spiro atoms. The number of methoxy groups -OCH3 is 1. The minimum absolute atomic E-state index is 0.0693. The Hall–Kier alpha value is -2.36. The number of carboxylic acid groups (broad SMARTS) is 2. The van der Waals surface area contributed by atoms with E-state index in [-0.39, 0.29) is 12.1 Å². The number of carbonyl (C=O) groups is 2. The van der Waals surface area contributed by atoms with Gasteiger partial charge in [0.2, 0.25) is 0 Å². The Balaban J connectivity index is 0.000000896. The van der Waals surface area contributed by atoms with Gasteiger partial charge in [-0.25, -0.2) is 9.59 Å². The summed E-state index contributed by atoms with van der Waals surface area (Å²) in [5, 5.41) is 31.2. The van der Waals surface area contributed by atoms with E-state index in [9.17, 15) is 5.11 Å². The normalized spacial score (nSPS) is 11.7. The van der Waals surface area contributed by atoms with Crippen LogP contribution in [0.5, 0.6) is 11.5 Å². The first kappa shape index (κ1) is 23.6. The van der Waals surface area contributed by atoms with Gasteiger partial charge in [-0.2, -0.15) is 0 Å². The highest BCUT2D eigenvalue weighted by Crippen LogP contribution is 2.25. The molecular weight excluding hydrogens is 344 g/mol. The maximum absolute atomic E-state index is 9.96. The third kappa shape index (κ3) is 10.5. The first-order valence-electron chi connectivity index (χ1n) is 7.92. The Kier molecular flexibility index (Phi) is 11.0. The van der Waals surface area contributed by atoms with Gasteiger partial charge in [0.05, 0.1) is 7.11 Å². The van der Waals surface area contributed by atoms with Gasteiger partial charge in [0.15, 0.2) is 11.5 Å². The maximum Gasteiger partial charge on any atom is 0.414 e. The number of nitrogens with one attached hydrogen (secondary N) is 2. The average molecular weight is 372 g/mol. The van der Waals surface area contributed by atoms with Crippen LogP contribution < -0.4 is 20.1 Å². The average Bonchev–Trinajstić information content (AvgIpc) is 2.59. The van der Waals surface area contributed by atoms with Gasteiger partial charge in [0.25, 0.3) is 0 Å². The molecule has 0 aliphatic rings. The molecule has 9 heteroatoms. The third-order valence-corrected chi connectivity index (χ3v) is 3.12. The minimum atomic E-state index is -1.82. The molecule has 0 saturated heterocycles. The topological polar surface area (TPSA) is 137 Å². The van der Waals surface area contributed by atoms with Crippen LogP contribution in [-0.2, 0) is 9.59 Å². The molecule has 1 aromatic carbocycles. The molecule has 1 unspecified atom stereocenters. The van der Waals surface area contributed by atoms with Crippen molar-refractivity contribution in [2.45, 2.75) is 25.5 Å². The van der Waals surface area contributed by atoms with Crippen LogP contribution in [0.15, 0.2) is 24.3 Å². The smallest absolute Gasteiger partial charge is 0.414 e. The SMILES string of the molecule is CNCC(C)(C)NCC(O)COc1ccccc1OC.O=C(O)C(=O)O. The number of ether oxygens (including phenoxy) is 2. The summed E-state index contributed by atoms with van der Waals surface area (Å²) < 4.78 is 10.8. The summed E-state index contributed by atoms with van der Waals surface area (Å²) in [5.41, 5.74) is -0.0693. The predicted molar refractivity (Wildman–Crippen MR) is 95.8 cm³/mol. The van der Waals surface area contributed by atoms with Gasteiger partial charge in [0.1, 0.15) is 12.7 Å². The Morgan fingerprint density at radius 2 is 1.69 bits per heavy atom. The fraction of sp³-hybridized carbons (Fsp3) is 0.529. The van der Waals surface area contributed by atoms with Crippen molar-refractivity contribution in [1.29, 1.82) is 0 Å². The Bertz CT molecular complexity index is 552. The fourth-order valence-electron chi connectivity index (χ4n) is 1.88. The van der Waals surface area contributed by atoms with Crippen molar-refractivity contribution in [2.75, 3.05) is 33.9 Å². The highest BCUT2D eigenvalue weighted by atomic mass is 16.5. The zero-order valence-corrected chi connectivity index (χ0v) is 15.5. The molecular formula is C17H28N2O7. The molecule has 5 N–H and O–H groups in total. The zero-order chi connectivity index (χ0) is 20.2. The number of aliphatic hydroxyl groups is 1. The van der Waals surface area contributed by atoms with E-state index in [0.29, 0.717) is 18.0 Å². The Morgan fingerprint density at radius 1 is 1.15 bits per heavy atom. The summed E-state index contributed by atoms with van der Waals surface area (Å²) in [5.74, 6) is -2.34. The van der Waals surface area contributed by atoms with E-state index in [2.05, 4.69) is 24.5 Å². The van der Waals surface area contributed by atoms with Gasteiger partial charge in [-0.15, -0.1) is 0 Å². The second-order valence-electron chi connectivity index (χ2n) is 6.02. The number of likely N-dealkylation sites (N-methyl/N-ethyl adjacent to an activating group) is 1. The minimum Gasteiger partial charge on any atom is -0.493 e. The molecule has 1 rings (SSSR count). The number of aliphatic carboxylic acids is 2. The lowest BCUT2D eigenvalue weighted by atomic mass is 10.1. The van der Waals surface area contributed by atoms with E-state index in [1.54, 1.807) is 7.11 Å². The summed E-state index contributed by atoms with van der Waals surface area (Å²) in [4.78, 5) is 18.2. The number of hydrogen-bond acceptors (Lipinski definition) is 7. The van der Waals surface area contributed by atoms with Gasteiger partial charge in [-0.05, 0) is 33.0 Å². The monoisotopic (exact) mass is 372 g/mol. The first-order valence-corrected chi connectivity index (χ1v) is 7.92. The molecule has 9 nitrogen and oxygen atoms in total. The molecule has 0 fully saturated rings. The lowest BCUT2D eigenvalue weighted by Gasteiger charge is -2.27. The largest absolute Gasteiger partial charge is 0.493 e. The van der Waals surface area contributed by atoms with Crippen LogP contribution in [0.4, 0.5) is 0 Å². The maximum atomic E-state index is 9.96. The van der Waals surface area contributed by atoms with Gasteiger partial charge < -0.3 is 35.4 Å². The van der Waals surface area contributed by atoms with Crippen LogP contribution in [0, 0.1) is 0 Å².